The predicted octanol–water partition coefficient (Wildman–Crippen LogP) is 4.05. The van der Waals surface area contributed by atoms with Crippen LogP contribution < -0.4 is 14.8 Å². The van der Waals surface area contributed by atoms with Crippen molar-refractivity contribution < 1.29 is 22.6 Å². The van der Waals surface area contributed by atoms with Gasteiger partial charge in [0.2, 0.25) is 0 Å². The van der Waals surface area contributed by atoms with Crippen molar-refractivity contribution >= 4 is 0 Å². The molecule has 0 spiro atoms. The summed E-state index contributed by atoms with van der Waals surface area (Å²) in [5, 5.41) is 3.05. The fraction of sp³-hybridized carbons (Fsp3) is 0.333. The molecule has 0 unspecified atom stereocenters. The van der Waals surface area contributed by atoms with Crippen LogP contribution in [0.4, 0.5) is 13.2 Å². The molecule has 1 heterocycles. The number of halogens is 3. The lowest BCUT2D eigenvalue weighted by Gasteiger charge is -2.34. The van der Waals surface area contributed by atoms with Crippen LogP contribution in [-0.4, -0.2) is 20.2 Å². The number of benzene rings is 2. The number of hydrogen-bond donors (Lipinski definition) is 1. The molecule has 0 radical (unpaired) electrons. The molecule has 1 N–H and O–H groups in total. The Morgan fingerprint density at radius 2 is 1.83 bits per heavy atom. The first kappa shape index (κ1) is 16.6. The highest BCUT2D eigenvalue weighted by atomic mass is 19.4. The van der Waals surface area contributed by atoms with Crippen molar-refractivity contribution in [1.29, 1.82) is 0 Å². The maximum atomic E-state index is 13.2. The lowest BCUT2D eigenvalue weighted by molar-refractivity contribution is -0.139. The van der Waals surface area contributed by atoms with E-state index in [1.165, 1.54) is 12.1 Å². The molecular weight excluding hydrogens is 319 g/mol. The smallest absolute Gasteiger partial charge is 0.419 e. The van der Waals surface area contributed by atoms with Crippen molar-refractivity contribution in [3.8, 4) is 11.5 Å². The average Bonchev–Trinajstić information content (AvgIpc) is 2.56. The van der Waals surface area contributed by atoms with Crippen molar-refractivity contribution in [2.45, 2.75) is 12.3 Å². The first-order chi connectivity index (χ1) is 11.5. The van der Waals surface area contributed by atoms with Gasteiger partial charge in [-0.1, -0.05) is 30.3 Å². The molecule has 2 atom stereocenters. The normalized spacial score (nSPS) is 20.2. The summed E-state index contributed by atoms with van der Waals surface area (Å²) in [5.41, 5.74) is -0.00171. The summed E-state index contributed by atoms with van der Waals surface area (Å²) in [6.45, 7) is 0.962. The summed E-state index contributed by atoms with van der Waals surface area (Å²) >= 11 is 0. The SMILES string of the molecule is CNC[C@H]1COc2ccccc2[C@H]1Oc1ccccc1C(F)(F)F. The van der Waals surface area contributed by atoms with Gasteiger partial charge in [0, 0.05) is 18.0 Å². The van der Waals surface area contributed by atoms with Gasteiger partial charge in [-0.05, 0) is 25.2 Å². The van der Waals surface area contributed by atoms with Gasteiger partial charge < -0.3 is 14.8 Å². The maximum Gasteiger partial charge on any atom is 0.419 e. The Hall–Kier alpha value is -2.21. The molecule has 128 valence electrons. The minimum atomic E-state index is -4.46. The number of nitrogens with one attached hydrogen (secondary N) is 1. The molecular formula is C18H18F3NO2. The van der Waals surface area contributed by atoms with Gasteiger partial charge in [0.05, 0.1) is 12.2 Å². The van der Waals surface area contributed by atoms with Gasteiger partial charge in [0.15, 0.2) is 0 Å². The summed E-state index contributed by atoms with van der Waals surface area (Å²) in [6.07, 6.45) is -4.97. The van der Waals surface area contributed by atoms with Crippen LogP contribution in [0.15, 0.2) is 48.5 Å². The van der Waals surface area contributed by atoms with Crippen molar-refractivity contribution in [3.63, 3.8) is 0 Å². The van der Waals surface area contributed by atoms with E-state index >= 15 is 0 Å². The molecule has 0 saturated heterocycles. The van der Waals surface area contributed by atoms with E-state index in [0.717, 1.165) is 11.6 Å². The second kappa shape index (κ2) is 6.73. The summed E-state index contributed by atoms with van der Waals surface area (Å²) in [7, 11) is 1.79. The van der Waals surface area contributed by atoms with E-state index in [1.807, 2.05) is 18.2 Å². The minimum Gasteiger partial charge on any atom is -0.493 e. The highest BCUT2D eigenvalue weighted by Crippen LogP contribution is 2.42. The fourth-order valence-corrected chi connectivity index (χ4v) is 2.91. The van der Waals surface area contributed by atoms with Crippen LogP contribution in [0.25, 0.3) is 0 Å². The van der Waals surface area contributed by atoms with Crippen LogP contribution in [0.2, 0.25) is 0 Å². The monoisotopic (exact) mass is 337 g/mol. The summed E-state index contributed by atoms with van der Waals surface area (Å²) in [4.78, 5) is 0. The molecule has 3 rings (SSSR count). The Labute approximate surface area is 138 Å². The molecule has 24 heavy (non-hydrogen) atoms. The average molecular weight is 337 g/mol. The van der Waals surface area contributed by atoms with Gasteiger partial charge in [0.25, 0.3) is 0 Å². The minimum absolute atomic E-state index is 0.0915. The second-order valence-corrected chi connectivity index (χ2v) is 5.70. The van der Waals surface area contributed by atoms with Crippen molar-refractivity contribution in [1.82, 2.24) is 5.32 Å². The third kappa shape index (κ3) is 3.33. The van der Waals surface area contributed by atoms with Gasteiger partial charge >= 0.3 is 6.18 Å². The predicted molar refractivity (Wildman–Crippen MR) is 84.2 cm³/mol. The summed E-state index contributed by atoms with van der Waals surface area (Å²) in [5.74, 6) is 0.401. The number of rotatable bonds is 4. The zero-order valence-corrected chi connectivity index (χ0v) is 13.1. The zero-order chi connectivity index (χ0) is 17.2. The number of para-hydroxylation sites is 2. The third-order valence-electron chi connectivity index (χ3n) is 4.02. The van der Waals surface area contributed by atoms with Gasteiger partial charge in [-0.15, -0.1) is 0 Å². The molecule has 3 nitrogen and oxygen atoms in total. The fourth-order valence-electron chi connectivity index (χ4n) is 2.91. The molecule has 1 aliphatic heterocycles. The van der Waals surface area contributed by atoms with Gasteiger partial charge in [0.1, 0.15) is 17.6 Å². The van der Waals surface area contributed by atoms with E-state index in [2.05, 4.69) is 5.32 Å². The van der Waals surface area contributed by atoms with Crippen LogP contribution in [0.5, 0.6) is 11.5 Å². The Balaban J connectivity index is 1.98. The molecule has 0 aromatic heterocycles. The standard InChI is InChI=1S/C18H18F3NO2/c1-22-10-12-11-23-15-8-4-2-6-13(15)17(12)24-16-9-5-3-7-14(16)18(19,20)21/h2-9,12,17,22H,10-11H2,1H3/t12-,17-/m0/s1. The van der Waals surface area contributed by atoms with Gasteiger partial charge in [-0.25, -0.2) is 0 Å². The molecule has 0 aliphatic carbocycles. The molecule has 2 aromatic rings. The van der Waals surface area contributed by atoms with Crippen molar-refractivity contribution in [2.75, 3.05) is 20.2 Å². The van der Waals surface area contributed by atoms with Crippen LogP contribution in [0.1, 0.15) is 17.2 Å². The number of hydrogen-bond acceptors (Lipinski definition) is 3. The summed E-state index contributed by atoms with van der Waals surface area (Å²) in [6, 6.07) is 12.6. The molecule has 2 aromatic carbocycles. The van der Waals surface area contributed by atoms with E-state index in [1.54, 1.807) is 19.2 Å². The molecule has 0 bridgehead atoms. The van der Waals surface area contributed by atoms with Crippen molar-refractivity contribution in [2.24, 2.45) is 5.92 Å². The van der Waals surface area contributed by atoms with E-state index in [4.69, 9.17) is 9.47 Å². The van der Waals surface area contributed by atoms with E-state index in [0.29, 0.717) is 18.9 Å². The highest BCUT2D eigenvalue weighted by molar-refractivity contribution is 5.40. The molecule has 0 saturated carbocycles. The number of ether oxygens (including phenoxy) is 2. The Morgan fingerprint density at radius 3 is 2.58 bits per heavy atom. The van der Waals surface area contributed by atoms with E-state index in [9.17, 15) is 13.2 Å². The Kier molecular flexibility index (Phi) is 4.66. The number of fused-ring (bicyclic) bond motifs is 1. The van der Waals surface area contributed by atoms with E-state index < -0.39 is 17.8 Å². The first-order valence-electron chi connectivity index (χ1n) is 7.70. The molecule has 0 amide bonds. The largest absolute Gasteiger partial charge is 0.493 e. The van der Waals surface area contributed by atoms with Gasteiger partial charge in [-0.3, -0.25) is 0 Å². The molecule has 0 fully saturated rings. The zero-order valence-electron chi connectivity index (χ0n) is 13.1. The number of alkyl halides is 3. The van der Waals surface area contributed by atoms with Gasteiger partial charge in [-0.2, -0.15) is 13.2 Å². The lowest BCUT2D eigenvalue weighted by atomic mass is 9.92. The Morgan fingerprint density at radius 1 is 1.12 bits per heavy atom. The summed E-state index contributed by atoms with van der Waals surface area (Å²) < 4.78 is 51.3. The molecule has 1 aliphatic rings. The lowest BCUT2D eigenvalue weighted by Crippen LogP contribution is -2.36. The van der Waals surface area contributed by atoms with Crippen LogP contribution in [0, 0.1) is 5.92 Å². The second-order valence-electron chi connectivity index (χ2n) is 5.70. The maximum absolute atomic E-state index is 13.2. The van der Waals surface area contributed by atoms with Crippen LogP contribution in [-0.2, 0) is 6.18 Å². The van der Waals surface area contributed by atoms with Crippen LogP contribution in [0.3, 0.4) is 0 Å². The highest BCUT2D eigenvalue weighted by Gasteiger charge is 2.37. The third-order valence-corrected chi connectivity index (χ3v) is 4.02. The van der Waals surface area contributed by atoms with E-state index in [-0.39, 0.29) is 11.7 Å². The van der Waals surface area contributed by atoms with Crippen molar-refractivity contribution in [3.05, 3.63) is 59.7 Å². The topological polar surface area (TPSA) is 30.5 Å². The first-order valence-corrected chi connectivity index (χ1v) is 7.70. The Bertz CT molecular complexity index is 703. The van der Waals surface area contributed by atoms with Crippen LogP contribution >= 0.6 is 0 Å². The molecule has 6 heteroatoms. The quantitative estimate of drug-likeness (QED) is 0.913.